The Morgan fingerprint density at radius 1 is 1.29 bits per heavy atom. The molecule has 0 aliphatic heterocycles. The third-order valence-corrected chi connectivity index (χ3v) is 3.40. The van der Waals surface area contributed by atoms with Gasteiger partial charge in [-0.05, 0) is 30.0 Å². The van der Waals surface area contributed by atoms with Gasteiger partial charge in [-0.15, -0.1) is 11.8 Å². The molecule has 78 valence electrons. The summed E-state index contributed by atoms with van der Waals surface area (Å²) < 4.78 is 13.4. The summed E-state index contributed by atoms with van der Waals surface area (Å²) in [4.78, 5) is 0.755. The largest absolute Gasteiger partial charge is 0.206 e. The summed E-state index contributed by atoms with van der Waals surface area (Å²) in [5.74, 6) is 0.840. The molecule has 2 heteroatoms. The van der Waals surface area contributed by atoms with Crippen LogP contribution in [0.4, 0.5) is 4.39 Å². The van der Waals surface area contributed by atoms with Crippen LogP contribution in [0, 0.1) is 18.2 Å². The monoisotopic (exact) mass is 212 g/mol. The third kappa shape index (κ3) is 3.70. The first-order valence-electron chi connectivity index (χ1n) is 4.77. The van der Waals surface area contributed by atoms with Crippen molar-refractivity contribution in [3.63, 3.8) is 0 Å². The average molecular weight is 212 g/mol. The van der Waals surface area contributed by atoms with E-state index in [1.165, 1.54) is 0 Å². The lowest BCUT2D eigenvalue weighted by molar-refractivity contribution is 0.480. The molecule has 14 heavy (non-hydrogen) atoms. The Labute approximate surface area is 89.9 Å². The van der Waals surface area contributed by atoms with E-state index in [0.717, 1.165) is 16.2 Å². The summed E-state index contributed by atoms with van der Waals surface area (Å²) in [5, 5.41) is 0. The number of thioether (sulfide) groups is 1. The van der Waals surface area contributed by atoms with Crippen molar-refractivity contribution in [3.05, 3.63) is 29.6 Å². The van der Waals surface area contributed by atoms with Crippen LogP contribution in [0.5, 0.6) is 0 Å². The van der Waals surface area contributed by atoms with Gasteiger partial charge in [0, 0.05) is 10.6 Å². The van der Waals surface area contributed by atoms with Crippen molar-refractivity contribution in [3.8, 4) is 0 Å². The molecule has 0 aliphatic rings. The van der Waals surface area contributed by atoms with Crippen molar-refractivity contribution in [2.75, 3.05) is 5.75 Å². The summed E-state index contributed by atoms with van der Waals surface area (Å²) in [7, 11) is 0. The minimum atomic E-state index is -0.0979. The van der Waals surface area contributed by atoms with Crippen LogP contribution in [0.1, 0.15) is 26.3 Å². The van der Waals surface area contributed by atoms with Gasteiger partial charge in [0.2, 0.25) is 0 Å². The standard InChI is InChI=1S/C12H17FS/c1-9-5-6-11(10(13)7-9)14-8-12(2,3)4/h5-7H,8H2,1-4H3. The topological polar surface area (TPSA) is 0 Å². The normalized spacial score (nSPS) is 11.8. The van der Waals surface area contributed by atoms with Gasteiger partial charge >= 0.3 is 0 Å². The first-order valence-corrected chi connectivity index (χ1v) is 5.76. The zero-order chi connectivity index (χ0) is 10.8. The summed E-state index contributed by atoms with van der Waals surface area (Å²) in [6.45, 7) is 8.38. The molecule has 0 amide bonds. The van der Waals surface area contributed by atoms with E-state index < -0.39 is 0 Å². The smallest absolute Gasteiger partial charge is 0.137 e. The van der Waals surface area contributed by atoms with Crippen molar-refractivity contribution in [2.24, 2.45) is 5.41 Å². The fraction of sp³-hybridized carbons (Fsp3) is 0.500. The number of rotatable bonds is 2. The highest BCUT2D eigenvalue weighted by Crippen LogP contribution is 2.29. The van der Waals surface area contributed by atoms with Gasteiger partial charge in [-0.2, -0.15) is 0 Å². The van der Waals surface area contributed by atoms with Crippen molar-refractivity contribution in [1.29, 1.82) is 0 Å². The Balaban J connectivity index is 2.68. The molecule has 0 saturated heterocycles. The molecule has 0 bridgehead atoms. The lowest BCUT2D eigenvalue weighted by Crippen LogP contribution is -2.08. The summed E-state index contributed by atoms with van der Waals surface area (Å²) in [6, 6.07) is 5.40. The molecular weight excluding hydrogens is 195 g/mol. The van der Waals surface area contributed by atoms with E-state index in [-0.39, 0.29) is 11.2 Å². The van der Waals surface area contributed by atoms with Crippen LogP contribution < -0.4 is 0 Å². The molecule has 1 rings (SSSR count). The number of halogens is 1. The molecule has 0 radical (unpaired) electrons. The fourth-order valence-corrected chi connectivity index (χ4v) is 1.97. The Bertz CT molecular complexity index is 313. The van der Waals surface area contributed by atoms with Crippen molar-refractivity contribution >= 4 is 11.8 Å². The quantitative estimate of drug-likeness (QED) is 0.660. The summed E-state index contributed by atoms with van der Waals surface area (Å²) in [5.41, 5.74) is 1.21. The molecule has 0 saturated carbocycles. The van der Waals surface area contributed by atoms with Gasteiger partial charge < -0.3 is 0 Å². The van der Waals surface area contributed by atoms with Crippen LogP contribution in [0.2, 0.25) is 0 Å². The molecule has 0 spiro atoms. The zero-order valence-electron chi connectivity index (χ0n) is 9.23. The number of hydrogen-bond acceptors (Lipinski definition) is 1. The first kappa shape index (κ1) is 11.6. The minimum Gasteiger partial charge on any atom is -0.206 e. The SMILES string of the molecule is Cc1ccc(SCC(C)(C)C)c(F)c1. The first-order chi connectivity index (χ1) is 6.38. The number of hydrogen-bond donors (Lipinski definition) is 0. The second-order valence-electron chi connectivity index (χ2n) is 4.78. The van der Waals surface area contributed by atoms with Crippen LogP contribution in [0.25, 0.3) is 0 Å². The molecule has 1 aromatic carbocycles. The van der Waals surface area contributed by atoms with Crippen LogP contribution >= 0.6 is 11.8 Å². The van der Waals surface area contributed by atoms with Gasteiger partial charge in [0.1, 0.15) is 5.82 Å². The van der Waals surface area contributed by atoms with Gasteiger partial charge in [0.15, 0.2) is 0 Å². The highest BCUT2D eigenvalue weighted by molar-refractivity contribution is 7.99. The molecular formula is C12H17FS. The van der Waals surface area contributed by atoms with Crippen molar-refractivity contribution in [2.45, 2.75) is 32.6 Å². The maximum Gasteiger partial charge on any atom is 0.137 e. The second kappa shape index (κ2) is 4.35. The molecule has 0 N–H and O–H groups in total. The second-order valence-corrected chi connectivity index (χ2v) is 5.80. The van der Waals surface area contributed by atoms with Crippen LogP contribution in [-0.2, 0) is 0 Å². The lowest BCUT2D eigenvalue weighted by Gasteiger charge is -2.17. The molecule has 0 fully saturated rings. The molecule has 0 unspecified atom stereocenters. The van der Waals surface area contributed by atoms with Crippen LogP contribution in [0.3, 0.4) is 0 Å². The Kier molecular flexibility index (Phi) is 3.59. The van der Waals surface area contributed by atoms with E-state index in [1.54, 1.807) is 17.8 Å². The van der Waals surface area contributed by atoms with E-state index >= 15 is 0 Å². The van der Waals surface area contributed by atoms with E-state index in [2.05, 4.69) is 20.8 Å². The maximum atomic E-state index is 13.4. The van der Waals surface area contributed by atoms with Crippen molar-refractivity contribution in [1.82, 2.24) is 0 Å². The molecule has 1 aromatic rings. The number of benzene rings is 1. The van der Waals surface area contributed by atoms with Gasteiger partial charge in [0.05, 0.1) is 0 Å². The molecule has 0 aliphatic carbocycles. The third-order valence-electron chi connectivity index (χ3n) is 1.75. The number of aryl methyl sites for hydroxylation is 1. The predicted molar refractivity (Wildman–Crippen MR) is 61.3 cm³/mol. The Hall–Kier alpha value is -0.500. The van der Waals surface area contributed by atoms with E-state index in [9.17, 15) is 4.39 Å². The Morgan fingerprint density at radius 3 is 2.43 bits per heavy atom. The van der Waals surface area contributed by atoms with Gasteiger partial charge in [0.25, 0.3) is 0 Å². The van der Waals surface area contributed by atoms with Gasteiger partial charge in [-0.3, -0.25) is 0 Å². The van der Waals surface area contributed by atoms with E-state index in [0.29, 0.717) is 0 Å². The molecule has 0 nitrogen and oxygen atoms in total. The highest BCUT2D eigenvalue weighted by atomic mass is 32.2. The van der Waals surface area contributed by atoms with E-state index in [1.807, 2.05) is 19.1 Å². The lowest BCUT2D eigenvalue weighted by atomic mass is 10.0. The molecule has 0 aromatic heterocycles. The maximum absolute atomic E-state index is 13.4. The van der Waals surface area contributed by atoms with E-state index in [4.69, 9.17) is 0 Å². The summed E-state index contributed by atoms with van der Waals surface area (Å²) >= 11 is 1.59. The van der Waals surface area contributed by atoms with Crippen LogP contribution in [0.15, 0.2) is 23.1 Å². The molecule has 0 atom stereocenters. The van der Waals surface area contributed by atoms with Gasteiger partial charge in [-0.1, -0.05) is 26.8 Å². The fourth-order valence-electron chi connectivity index (χ4n) is 1.02. The zero-order valence-corrected chi connectivity index (χ0v) is 10.0. The predicted octanol–water partition coefficient (Wildman–Crippen LogP) is 4.27. The van der Waals surface area contributed by atoms with Crippen molar-refractivity contribution < 1.29 is 4.39 Å². The average Bonchev–Trinajstić information content (AvgIpc) is 2.00. The van der Waals surface area contributed by atoms with Crippen LogP contribution in [-0.4, -0.2) is 5.75 Å². The Morgan fingerprint density at radius 2 is 1.93 bits per heavy atom. The van der Waals surface area contributed by atoms with Gasteiger partial charge in [-0.25, -0.2) is 4.39 Å². The highest BCUT2D eigenvalue weighted by Gasteiger charge is 2.12. The minimum absolute atomic E-state index is 0.0979. The summed E-state index contributed by atoms with van der Waals surface area (Å²) in [6.07, 6.45) is 0. The molecule has 0 heterocycles.